The van der Waals surface area contributed by atoms with Gasteiger partial charge in [-0.15, -0.1) is 11.8 Å². The number of anilines is 2. The second-order valence-corrected chi connectivity index (χ2v) is 10.1. The van der Waals surface area contributed by atoms with Crippen molar-refractivity contribution in [3.8, 4) is 0 Å². The zero-order valence-electron chi connectivity index (χ0n) is 18.0. The van der Waals surface area contributed by atoms with Crippen LogP contribution in [0.5, 0.6) is 0 Å². The summed E-state index contributed by atoms with van der Waals surface area (Å²) < 4.78 is 26.4. The van der Waals surface area contributed by atoms with Gasteiger partial charge in [0.2, 0.25) is 10.0 Å². The molecule has 0 spiro atoms. The summed E-state index contributed by atoms with van der Waals surface area (Å²) in [5.41, 5.74) is 4.68. The number of hydrogen-bond donors (Lipinski definition) is 1. The minimum atomic E-state index is -3.51. The van der Waals surface area contributed by atoms with Gasteiger partial charge in [0.15, 0.2) is 0 Å². The summed E-state index contributed by atoms with van der Waals surface area (Å²) >= 11 is 1.56. The highest BCUT2D eigenvalue weighted by Crippen LogP contribution is 2.26. The highest BCUT2D eigenvalue weighted by molar-refractivity contribution is 7.98. The molecule has 0 aliphatic carbocycles. The Morgan fingerprint density at radius 2 is 1.71 bits per heavy atom. The van der Waals surface area contributed by atoms with Crippen molar-refractivity contribution >= 4 is 39.1 Å². The van der Waals surface area contributed by atoms with Gasteiger partial charge in [-0.1, -0.05) is 30.3 Å². The molecule has 3 aromatic carbocycles. The van der Waals surface area contributed by atoms with E-state index in [-0.39, 0.29) is 12.5 Å². The number of carbonyl (C=O) groups is 1. The molecular weight excluding hydrogens is 428 g/mol. The van der Waals surface area contributed by atoms with Crippen LogP contribution in [0.1, 0.15) is 27.0 Å². The molecule has 0 atom stereocenters. The van der Waals surface area contributed by atoms with Gasteiger partial charge in [-0.25, -0.2) is 8.42 Å². The van der Waals surface area contributed by atoms with Crippen LogP contribution in [-0.2, 0) is 16.6 Å². The lowest BCUT2D eigenvalue weighted by molar-refractivity contribution is 0.102. The maximum absolute atomic E-state index is 12.8. The fourth-order valence-electron chi connectivity index (χ4n) is 3.20. The molecule has 0 aromatic heterocycles. The highest BCUT2D eigenvalue weighted by atomic mass is 32.2. The van der Waals surface area contributed by atoms with Crippen LogP contribution in [0, 0.1) is 13.8 Å². The maximum Gasteiger partial charge on any atom is 0.255 e. The number of hydrogen-bond acceptors (Lipinski definition) is 4. The third kappa shape index (κ3) is 5.68. The number of sulfonamides is 1. The summed E-state index contributed by atoms with van der Waals surface area (Å²) in [6.07, 6.45) is 3.15. The van der Waals surface area contributed by atoms with E-state index >= 15 is 0 Å². The van der Waals surface area contributed by atoms with Crippen LogP contribution in [0.3, 0.4) is 0 Å². The number of carbonyl (C=O) groups excluding carboxylic acids is 1. The van der Waals surface area contributed by atoms with Gasteiger partial charge < -0.3 is 5.32 Å². The largest absolute Gasteiger partial charge is 0.321 e. The zero-order chi connectivity index (χ0) is 22.6. The van der Waals surface area contributed by atoms with Gasteiger partial charge >= 0.3 is 0 Å². The number of nitrogens with zero attached hydrogens (tertiary/aromatic N) is 1. The summed E-state index contributed by atoms with van der Waals surface area (Å²) in [6, 6.07) is 20.2. The molecule has 1 amide bonds. The van der Waals surface area contributed by atoms with Crippen molar-refractivity contribution < 1.29 is 13.2 Å². The first kappa shape index (κ1) is 22.9. The summed E-state index contributed by atoms with van der Waals surface area (Å²) in [6.45, 7) is 4.09. The Hall–Kier alpha value is -2.77. The number of thioether (sulfide) groups is 1. The van der Waals surface area contributed by atoms with Crippen LogP contribution in [0.4, 0.5) is 11.4 Å². The van der Waals surface area contributed by atoms with Crippen LogP contribution in [-0.4, -0.2) is 26.8 Å². The van der Waals surface area contributed by atoms with Gasteiger partial charge in [-0.3, -0.25) is 9.10 Å². The van der Waals surface area contributed by atoms with Crippen molar-refractivity contribution in [2.45, 2.75) is 25.3 Å². The van der Waals surface area contributed by atoms with E-state index in [2.05, 4.69) is 5.32 Å². The molecule has 0 bridgehead atoms. The second-order valence-electron chi connectivity index (χ2n) is 7.39. The second kappa shape index (κ2) is 9.58. The van der Waals surface area contributed by atoms with Crippen molar-refractivity contribution in [1.82, 2.24) is 0 Å². The maximum atomic E-state index is 12.8. The first-order chi connectivity index (χ1) is 14.7. The van der Waals surface area contributed by atoms with Crippen LogP contribution >= 0.6 is 11.8 Å². The highest BCUT2D eigenvalue weighted by Gasteiger charge is 2.19. The molecule has 162 valence electrons. The van der Waals surface area contributed by atoms with E-state index < -0.39 is 10.0 Å². The molecule has 0 radical (unpaired) electrons. The number of benzene rings is 3. The summed E-state index contributed by atoms with van der Waals surface area (Å²) in [7, 11) is -3.51. The monoisotopic (exact) mass is 454 g/mol. The quantitative estimate of drug-likeness (QED) is 0.496. The topological polar surface area (TPSA) is 66.5 Å². The molecule has 1 N–H and O–H groups in total. The molecule has 0 saturated carbocycles. The minimum absolute atomic E-state index is 0.143. The molecule has 7 heteroatoms. The van der Waals surface area contributed by atoms with Gasteiger partial charge in [0.25, 0.3) is 5.91 Å². The van der Waals surface area contributed by atoms with E-state index in [9.17, 15) is 13.2 Å². The van der Waals surface area contributed by atoms with E-state index in [1.54, 1.807) is 36.0 Å². The number of amides is 1. The lowest BCUT2D eigenvalue weighted by Gasteiger charge is -2.23. The molecule has 0 saturated heterocycles. The molecule has 3 rings (SSSR count). The van der Waals surface area contributed by atoms with Crippen molar-refractivity contribution in [3.63, 3.8) is 0 Å². The van der Waals surface area contributed by atoms with E-state index in [0.717, 1.165) is 27.3 Å². The van der Waals surface area contributed by atoms with Crippen molar-refractivity contribution in [2.75, 3.05) is 22.1 Å². The van der Waals surface area contributed by atoms with Crippen LogP contribution in [0.15, 0.2) is 71.6 Å². The fourth-order valence-corrected chi connectivity index (χ4v) is 4.63. The number of para-hydroxylation sites is 1. The zero-order valence-corrected chi connectivity index (χ0v) is 19.7. The summed E-state index contributed by atoms with van der Waals surface area (Å²) in [5, 5.41) is 2.94. The molecule has 3 aromatic rings. The van der Waals surface area contributed by atoms with Crippen molar-refractivity contribution in [3.05, 3.63) is 89.0 Å². The molecule has 5 nitrogen and oxygen atoms in total. The Labute approximate surface area is 188 Å². The van der Waals surface area contributed by atoms with Crippen molar-refractivity contribution in [1.29, 1.82) is 0 Å². The third-order valence-corrected chi connectivity index (χ3v) is 6.99. The predicted molar refractivity (Wildman–Crippen MR) is 130 cm³/mol. The number of rotatable bonds is 7. The van der Waals surface area contributed by atoms with E-state index in [1.165, 1.54) is 10.6 Å². The predicted octanol–water partition coefficient (Wildman–Crippen LogP) is 5.24. The van der Waals surface area contributed by atoms with Gasteiger partial charge in [-0.2, -0.15) is 0 Å². The fraction of sp³-hybridized carbons (Fsp3) is 0.208. The summed E-state index contributed by atoms with van der Waals surface area (Å²) in [4.78, 5) is 13.8. The number of aryl methyl sites for hydroxylation is 2. The summed E-state index contributed by atoms with van der Waals surface area (Å²) in [5.74, 6) is -0.236. The smallest absolute Gasteiger partial charge is 0.255 e. The molecule has 0 aliphatic heterocycles. The Morgan fingerprint density at radius 1 is 0.968 bits per heavy atom. The van der Waals surface area contributed by atoms with Gasteiger partial charge in [0, 0.05) is 10.5 Å². The Morgan fingerprint density at radius 3 is 2.39 bits per heavy atom. The van der Waals surface area contributed by atoms with Gasteiger partial charge in [0.1, 0.15) is 0 Å². The SMILES string of the molecule is CSc1ccccc1NC(=O)c1cccc(CN(c2ccc(C)c(C)c2)S(C)(=O)=O)c1. The lowest BCUT2D eigenvalue weighted by atomic mass is 10.1. The molecule has 0 fully saturated rings. The first-order valence-corrected chi connectivity index (χ1v) is 12.8. The van der Waals surface area contributed by atoms with Gasteiger partial charge in [0.05, 0.1) is 24.2 Å². The van der Waals surface area contributed by atoms with E-state index in [4.69, 9.17) is 0 Å². The van der Waals surface area contributed by atoms with Gasteiger partial charge in [-0.05, 0) is 73.2 Å². The first-order valence-electron chi connectivity index (χ1n) is 9.77. The lowest BCUT2D eigenvalue weighted by Crippen LogP contribution is -2.29. The minimum Gasteiger partial charge on any atom is -0.321 e. The average Bonchev–Trinajstić information content (AvgIpc) is 2.74. The van der Waals surface area contributed by atoms with Crippen LogP contribution in [0.25, 0.3) is 0 Å². The number of nitrogens with one attached hydrogen (secondary N) is 1. The Bertz CT molecular complexity index is 1210. The van der Waals surface area contributed by atoms with Crippen molar-refractivity contribution in [2.24, 2.45) is 0 Å². The third-order valence-electron chi connectivity index (χ3n) is 5.05. The van der Waals surface area contributed by atoms with Crippen LogP contribution in [0.2, 0.25) is 0 Å². The standard InChI is InChI=1S/C24H26N2O3S2/c1-17-12-13-21(14-18(17)2)26(31(4,28)29)16-19-8-7-9-20(15-19)24(27)25-22-10-5-6-11-23(22)30-3/h5-15H,16H2,1-4H3,(H,25,27). The normalized spacial score (nSPS) is 11.2. The van der Waals surface area contributed by atoms with Crippen LogP contribution < -0.4 is 9.62 Å². The Balaban J connectivity index is 1.87. The Kier molecular flexibility index (Phi) is 7.08. The van der Waals surface area contributed by atoms with E-state index in [1.807, 2.05) is 62.6 Å². The molecule has 0 heterocycles. The average molecular weight is 455 g/mol. The molecule has 0 aliphatic rings. The molecule has 31 heavy (non-hydrogen) atoms. The molecule has 0 unspecified atom stereocenters. The molecular formula is C24H26N2O3S2. The van der Waals surface area contributed by atoms with E-state index in [0.29, 0.717) is 11.3 Å².